The quantitative estimate of drug-likeness (QED) is 0.843. The molecule has 3 heteroatoms. The predicted molar refractivity (Wildman–Crippen MR) is 72.6 cm³/mol. The molecule has 0 saturated heterocycles. The summed E-state index contributed by atoms with van der Waals surface area (Å²) in [5.74, 6) is 1.62. The van der Waals surface area contributed by atoms with Crippen molar-refractivity contribution in [3.63, 3.8) is 0 Å². The molecular formula is C16H16O3. The first-order chi connectivity index (χ1) is 9.33. The van der Waals surface area contributed by atoms with Crippen molar-refractivity contribution >= 4 is 0 Å². The van der Waals surface area contributed by atoms with Crippen molar-refractivity contribution in [2.45, 2.75) is 12.7 Å². The third kappa shape index (κ3) is 2.06. The van der Waals surface area contributed by atoms with Crippen LogP contribution in [0.4, 0.5) is 0 Å². The van der Waals surface area contributed by atoms with Gasteiger partial charge in [-0.3, -0.25) is 0 Å². The lowest BCUT2D eigenvalue weighted by molar-refractivity contribution is 0.0928. The zero-order chi connectivity index (χ0) is 13.2. The largest absolute Gasteiger partial charge is 0.497 e. The average Bonchev–Trinajstić information content (AvgIpc) is 2.91. The van der Waals surface area contributed by atoms with Crippen LogP contribution in [0.15, 0.2) is 42.5 Å². The van der Waals surface area contributed by atoms with Gasteiger partial charge in [-0.2, -0.15) is 0 Å². The van der Waals surface area contributed by atoms with Crippen molar-refractivity contribution in [2.75, 3.05) is 14.2 Å². The molecule has 0 saturated carbocycles. The topological polar surface area (TPSA) is 27.7 Å². The van der Waals surface area contributed by atoms with Crippen molar-refractivity contribution in [1.29, 1.82) is 0 Å². The van der Waals surface area contributed by atoms with E-state index in [-0.39, 0.29) is 6.10 Å². The molecule has 0 bridgehead atoms. The highest BCUT2D eigenvalue weighted by Gasteiger charge is 2.29. The van der Waals surface area contributed by atoms with E-state index in [2.05, 4.69) is 12.1 Å². The molecule has 3 rings (SSSR count). The van der Waals surface area contributed by atoms with Gasteiger partial charge in [-0.15, -0.1) is 0 Å². The molecule has 0 aliphatic carbocycles. The van der Waals surface area contributed by atoms with Crippen LogP contribution in [0.5, 0.6) is 11.5 Å². The molecule has 0 N–H and O–H groups in total. The van der Waals surface area contributed by atoms with Crippen LogP contribution in [-0.2, 0) is 11.3 Å². The van der Waals surface area contributed by atoms with E-state index in [4.69, 9.17) is 14.2 Å². The summed E-state index contributed by atoms with van der Waals surface area (Å²) in [6.07, 6.45) is -0.0583. The van der Waals surface area contributed by atoms with Gasteiger partial charge >= 0.3 is 0 Å². The van der Waals surface area contributed by atoms with E-state index in [1.54, 1.807) is 14.2 Å². The smallest absolute Gasteiger partial charge is 0.129 e. The highest BCUT2D eigenvalue weighted by molar-refractivity contribution is 5.52. The SMILES string of the molecule is COc1cc2c(c(OC)c1)C(c1ccccc1)OC2. The van der Waals surface area contributed by atoms with Gasteiger partial charge in [-0.05, 0) is 17.2 Å². The fourth-order valence-corrected chi connectivity index (χ4v) is 2.51. The Kier molecular flexibility index (Phi) is 3.13. The maximum atomic E-state index is 5.92. The maximum absolute atomic E-state index is 5.92. The minimum absolute atomic E-state index is 0.0583. The number of hydrogen-bond acceptors (Lipinski definition) is 3. The van der Waals surface area contributed by atoms with Gasteiger partial charge in [0.25, 0.3) is 0 Å². The molecule has 1 aliphatic heterocycles. The van der Waals surface area contributed by atoms with Crippen molar-refractivity contribution in [3.05, 3.63) is 59.2 Å². The summed E-state index contributed by atoms with van der Waals surface area (Å²) in [5, 5.41) is 0. The summed E-state index contributed by atoms with van der Waals surface area (Å²) in [7, 11) is 3.33. The number of methoxy groups -OCH3 is 2. The number of hydrogen-bond donors (Lipinski definition) is 0. The number of ether oxygens (including phenoxy) is 3. The molecule has 0 spiro atoms. The Labute approximate surface area is 112 Å². The standard InChI is InChI=1S/C16H16O3/c1-17-13-8-12-10-19-16(11-6-4-3-5-7-11)15(12)14(9-13)18-2/h3-9,16H,10H2,1-2H3. The van der Waals surface area contributed by atoms with Gasteiger partial charge in [0.15, 0.2) is 0 Å². The molecule has 1 heterocycles. The molecule has 3 nitrogen and oxygen atoms in total. The van der Waals surface area contributed by atoms with Crippen molar-refractivity contribution in [3.8, 4) is 11.5 Å². The lowest BCUT2D eigenvalue weighted by Gasteiger charge is -2.15. The minimum Gasteiger partial charge on any atom is -0.497 e. The lowest BCUT2D eigenvalue weighted by atomic mass is 9.98. The summed E-state index contributed by atoms with van der Waals surface area (Å²) in [6, 6.07) is 14.1. The second-order valence-corrected chi connectivity index (χ2v) is 4.50. The molecular weight excluding hydrogens is 240 g/mol. The molecule has 0 aromatic heterocycles. The fraction of sp³-hybridized carbons (Fsp3) is 0.250. The first-order valence-electron chi connectivity index (χ1n) is 6.25. The number of rotatable bonds is 3. The van der Waals surface area contributed by atoms with E-state index < -0.39 is 0 Å². The van der Waals surface area contributed by atoms with Gasteiger partial charge in [0, 0.05) is 11.6 Å². The third-order valence-corrected chi connectivity index (χ3v) is 3.43. The Morgan fingerprint density at radius 2 is 1.84 bits per heavy atom. The molecule has 19 heavy (non-hydrogen) atoms. The fourth-order valence-electron chi connectivity index (χ4n) is 2.51. The summed E-state index contributed by atoms with van der Waals surface area (Å²) in [4.78, 5) is 0. The van der Waals surface area contributed by atoms with Crippen LogP contribution in [0.25, 0.3) is 0 Å². The normalized spacial score (nSPS) is 17.1. The van der Waals surface area contributed by atoms with Gasteiger partial charge in [0.2, 0.25) is 0 Å². The van der Waals surface area contributed by atoms with Crippen molar-refractivity contribution in [2.24, 2.45) is 0 Å². The first kappa shape index (κ1) is 12.1. The first-order valence-corrected chi connectivity index (χ1v) is 6.25. The van der Waals surface area contributed by atoms with Gasteiger partial charge in [0.05, 0.1) is 20.8 Å². The Balaban J connectivity index is 2.09. The molecule has 0 radical (unpaired) electrons. The molecule has 1 unspecified atom stereocenters. The number of fused-ring (bicyclic) bond motifs is 1. The van der Waals surface area contributed by atoms with Gasteiger partial charge in [0.1, 0.15) is 17.6 Å². The highest BCUT2D eigenvalue weighted by Crippen LogP contribution is 2.43. The second kappa shape index (κ2) is 4.94. The molecule has 0 fully saturated rings. The summed E-state index contributed by atoms with van der Waals surface area (Å²) >= 11 is 0. The highest BCUT2D eigenvalue weighted by atomic mass is 16.5. The Morgan fingerprint density at radius 1 is 1.05 bits per heavy atom. The maximum Gasteiger partial charge on any atom is 0.129 e. The van der Waals surface area contributed by atoms with Crippen molar-refractivity contribution < 1.29 is 14.2 Å². The van der Waals surface area contributed by atoms with Gasteiger partial charge in [-0.25, -0.2) is 0 Å². The van der Waals surface area contributed by atoms with E-state index in [1.165, 1.54) is 0 Å². The van der Waals surface area contributed by atoms with Crippen LogP contribution >= 0.6 is 0 Å². The zero-order valence-electron chi connectivity index (χ0n) is 11.1. The molecule has 98 valence electrons. The monoisotopic (exact) mass is 256 g/mol. The van der Waals surface area contributed by atoms with Gasteiger partial charge in [-0.1, -0.05) is 30.3 Å². The van der Waals surface area contributed by atoms with Crippen LogP contribution in [-0.4, -0.2) is 14.2 Å². The third-order valence-electron chi connectivity index (χ3n) is 3.43. The van der Waals surface area contributed by atoms with Crippen LogP contribution in [0.3, 0.4) is 0 Å². The van der Waals surface area contributed by atoms with Gasteiger partial charge < -0.3 is 14.2 Å². The predicted octanol–water partition coefficient (Wildman–Crippen LogP) is 3.32. The summed E-state index contributed by atoms with van der Waals surface area (Å²) in [6.45, 7) is 0.586. The molecule has 2 aromatic rings. The van der Waals surface area contributed by atoms with Crippen molar-refractivity contribution in [1.82, 2.24) is 0 Å². The van der Waals surface area contributed by atoms with Crippen LogP contribution in [0, 0.1) is 0 Å². The number of benzene rings is 2. The summed E-state index contributed by atoms with van der Waals surface area (Å²) in [5.41, 5.74) is 3.38. The van der Waals surface area contributed by atoms with E-state index in [0.717, 1.165) is 28.2 Å². The molecule has 1 aliphatic rings. The second-order valence-electron chi connectivity index (χ2n) is 4.50. The Hall–Kier alpha value is -2.00. The minimum atomic E-state index is -0.0583. The molecule has 0 amide bonds. The summed E-state index contributed by atoms with van der Waals surface area (Å²) < 4.78 is 16.7. The van der Waals surface area contributed by atoms with E-state index in [9.17, 15) is 0 Å². The van der Waals surface area contributed by atoms with Crippen LogP contribution < -0.4 is 9.47 Å². The Bertz CT molecular complexity index is 578. The van der Waals surface area contributed by atoms with E-state index in [0.29, 0.717) is 6.61 Å². The van der Waals surface area contributed by atoms with E-state index >= 15 is 0 Å². The average molecular weight is 256 g/mol. The lowest BCUT2D eigenvalue weighted by Crippen LogP contribution is -2.01. The Morgan fingerprint density at radius 3 is 2.53 bits per heavy atom. The molecule has 2 aromatic carbocycles. The zero-order valence-corrected chi connectivity index (χ0v) is 11.1. The van der Waals surface area contributed by atoms with E-state index in [1.807, 2.05) is 30.3 Å². The van der Waals surface area contributed by atoms with Crippen LogP contribution in [0.2, 0.25) is 0 Å². The molecule has 1 atom stereocenters. The van der Waals surface area contributed by atoms with Crippen LogP contribution in [0.1, 0.15) is 22.8 Å².